The Hall–Kier alpha value is -1.38. The van der Waals surface area contributed by atoms with Crippen molar-refractivity contribution in [1.29, 1.82) is 0 Å². The van der Waals surface area contributed by atoms with Crippen molar-refractivity contribution in [2.45, 2.75) is 39.2 Å². The first-order chi connectivity index (χ1) is 8.58. The molecular formula is C15H20FNO. The van der Waals surface area contributed by atoms with E-state index in [1.807, 2.05) is 0 Å². The zero-order chi connectivity index (χ0) is 13.1. The van der Waals surface area contributed by atoms with Crippen LogP contribution < -0.4 is 5.32 Å². The first-order valence-corrected chi connectivity index (χ1v) is 6.64. The third kappa shape index (κ3) is 2.89. The second kappa shape index (κ2) is 5.51. The fraction of sp³-hybridized carbons (Fsp3) is 0.533. The number of carbonyl (C=O) groups is 1. The molecule has 0 aromatic heterocycles. The number of amides is 1. The number of benzene rings is 1. The molecule has 0 heterocycles. The molecule has 1 aliphatic carbocycles. The largest absolute Gasteiger partial charge is 0.349 e. The highest BCUT2D eigenvalue weighted by atomic mass is 19.1. The van der Waals surface area contributed by atoms with Gasteiger partial charge in [-0.1, -0.05) is 32.8 Å². The molecule has 1 amide bonds. The molecule has 1 aromatic carbocycles. The van der Waals surface area contributed by atoms with E-state index in [1.165, 1.54) is 18.6 Å². The highest BCUT2D eigenvalue weighted by molar-refractivity contribution is 5.94. The van der Waals surface area contributed by atoms with Crippen molar-refractivity contribution in [2.24, 2.45) is 11.8 Å². The monoisotopic (exact) mass is 249 g/mol. The fourth-order valence-electron chi connectivity index (χ4n) is 2.67. The first kappa shape index (κ1) is 13.1. The molecule has 18 heavy (non-hydrogen) atoms. The Morgan fingerprint density at radius 1 is 1.33 bits per heavy atom. The third-order valence-corrected chi connectivity index (χ3v) is 4.11. The van der Waals surface area contributed by atoms with E-state index in [0.717, 1.165) is 12.8 Å². The summed E-state index contributed by atoms with van der Waals surface area (Å²) >= 11 is 0. The Labute approximate surface area is 108 Å². The highest BCUT2D eigenvalue weighted by Crippen LogP contribution is 2.29. The van der Waals surface area contributed by atoms with E-state index < -0.39 is 0 Å². The van der Waals surface area contributed by atoms with Gasteiger partial charge >= 0.3 is 0 Å². The van der Waals surface area contributed by atoms with Crippen molar-refractivity contribution in [1.82, 2.24) is 5.32 Å². The Morgan fingerprint density at radius 3 is 2.83 bits per heavy atom. The van der Waals surface area contributed by atoms with E-state index in [2.05, 4.69) is 19.2 Å². The highest BCUT2D eigenvalue weighted by Gasteiger charge is 2.28. The Kier molecular flexibility index (Phi) is 4.00. The summed E-state index contributed by atoms with van der Waals surface area (Å²) in [5.74, 6) is 0.584. The van der Waals surface area contributed by atoms with Crippen molar-refractivity contribution >= 4 is 5.91 Å². The zero-order valence-corrected chi connectivity index (χ0v) is 10.9. The molecule has 0 aliphatic heterocycles. The van der Waals surface area contributed by atoms with E-state index >= 15 is 0 Å². The minimum atomic E-state index is -0.368. The number of carbonyl (C=O) groups excluding carboxylic acids is 1. The lowest BCUT2D eigenvalue weighted by molar-refractivity contribution is 0.0890. The van der Waals surface area contributed by atoms with E-state index in [-0.39, 0.29) is 17.8 Å². The normalized spacial score (nSPS) is 27.8. The molecule has 1 aliphatic rings. The molecule has 1 aromatic rings. The van der Waals surface area contributed by atoms with Gasteiger partial charge in [-0.2, -0.15) is 0 Å². The van der Waals surface area contributed by atoms with Gasteiger partial charge < -0.3 is 5.32 Å². The molecule has 3 atom stereocenters. The van der Waals surface area contributed by atoms with Crippen molar-refractivity contribution < 1.29 is 9.18 Å². The van der Waals surface area contributed by atoms with Crippen LogP contribution in [0.3, 0.4) is 0 Å². The molecule has 0 saturated heterocycles. The lowest BCUT2D eigenvalue weighted by atomic mass is 9.78. The number of rotatable bonds is 2. The van der Waals surface area contributed by atoms with Gasteiger partial charge in [0.2, 0.25) is 0 Å². The van der Waals surface area contributed by atoms with Crippen molar-refractivity contribution in [2.75, 3.05) is 0 Å². The molecule has 2 nitrogen and oxygen atoms in total. The van der Waals surface area contributed by atoms with Crippen LogP contribution >= 0.6 is 0 Å². The van der Waals surface area contributed by atoms with Gasteiger partial charge in [-0.3, -0.25) is 4.79 Å². The molecule has 98 valence electrons. The summed E-state index contributed by atoms with van der Waals surface area (Å²) in [5.41, 5.74) is 0.403. The molecule has 2 rings (SSSR count). The molecule has 0 unspecified atom stereocenters. The summed E-state index contributed by atoms with van der Waals surface area (Å²) in [6.45, 7) is 4.41. The Balaban J connectivity index is 2.03. The molecule has 3 heteroatoms. The Bertz CT molecular complexity index is 432. The molecule has 0 spiro atoms. The van der Waals surface area contributed by atoms with Gasteiger partial charge in [0.1, 0.15) is 5.82 Å². The number of nitrogens with one attached hydrogen (secondary N) is 1. The van der Waals surface area contributed by atoms with Gasteiger partial charge in [0, 0.05) is 11.6 Å². The first-order valence-electron chi connectivity index (χ1n) is 6.64. The van der Waals surface area contributed by atoms with Crippen LogP contribution in [0.1, 0.15) is 43.5 Å². The second-order valence-electron chi connectivity index (χ2n) is 5.36. The van der Waals surface area contributed by atoms with Gasteiger partial charge in [0.25, 0.3) is 5.91 Å². The van der Waals surface area contributed by atoms with Crippen molar-refractivity contribution in [3.8, 4) is 0 Å². The van der Waals surface area contributed by atoms with Crippen LogP contribution in [-0.4, -0.2) is 11.9 Å². The van der Waals surface area contributed by atoms with Crippen LogP contribution in [0.2, 0.25) is 0 Å². The summed E-state index contributed by atoms with van der Waals surface area (Å²) in [7, 11) is 0. The van der Waals surface area contributed by atoms with Crippen LogP contribution in [0.5, 0.6) is 0 Å². The van der Waals surface area contributed by atoms with Crippen LogP contribution in [0, 0.1) is 17.7 Å². The third-order valence-electron chi connectivity index (χ3n) is 4.11. The maximum atomic E-state index is 13.1. The summed E-state index contributed by atoms with van der Waals surface area (Å²) in [5, 5.41) is 3.04. The average Bonchev–Trinajstić information content (AvgIpc) is 2.35. The molecule has 1 fully saturated rings. The minimum absolute atomic E-state index is 0.166. The number of hydrogen-bond acceptors (Lipinski definition) is 1. The van der Waals surface area contributed by atoms with Crippen LogP contribution in [0.4, 0.5) is 4.39 Å². The SMILES string of the molecule is C[C@@H]1[C@@H](C)CCC[C@H]1NC(=O)c1cccc(F)c1. The number of hydrogen-bond donors (Lipinski definition) is 1. The average molecular weight is 249 g/mol. The number of halogens is 1. The Morgan fingerprint density at radius 2 is 2.11 bits per heavy atom. The maximum Gasteiger partial charge on any atom is 0.251 e. The van der Waals surface area contributed by atoms with Crippen LogP contribution in [-0.2, 0) is 0 Å². The van der Waals surface area contributed by atoms with Gasteiger partial charge in [0.05, 0.1) is 0 Å². The van der Waals surface area contributed by atoms with Gasteiger partial charge in [-0.25, -0.2) is 4.39 Å². The summed E-state index contributed by atoms with van der Waals surface area (Å²) < 4.78 is 13.1. The lowest BCUT2D eigenvalue weighted by Crippen LogP contribution is -2.43. The fourth-order valence-corrected chi connectivity index (χ4v) is 2.67. The predicted molar refractivity (Wildman–Crippen MR) is 69.8 cm³/mol. The molecule has 1 N–H and O–H groups in total. The molecule has 0 bridgehead atoms. The lowest BCUT2D eigenvalue weighted by Gasteiger charge is -2.34. The molecular weight excluding hydrogens is 229 g/mol. The van der Waals surface area contributed by atoms with Crippen LogP contribution in [0.25, 0.3) is 0 Å². The standard InChI is InChI=1S/C15H20FNO/c1-10-5-3-8-14(11(10)2)17-15(18)12-6-4-7-13(16)9-12/h4,6-7,9-11,14H,3,5,8H2,1-2H3,(H,17,18)/t10-,11+,14+/m0/s1. The summed E-state index contributed by atoms with van der Waals surface area (Å²) in [6.07, 6.45) is 3.40. The van der Waals surface area contributed by atoms with Crippen molar-refractivity contribution in [3.63, 3.8) is 0 Å². The van der Waals surface area contributed by atoms with E-state index in [4.69, 9.17) is 0 Å². The van der Waals surface area contributed by atoms with Gasteiger partial charge in [-0.15, -0.1) is 0 Å². The topological polar surface area (TPSA) is 29.1 Å². The predicted octanol–water partition coefficient (Wildman–Crippen LogP) is 3.38. The van der Waals surface area contributed by atoms with Crippen LogP contribution in [0.15, 0.2) is 24.3 Å². The minimum Gasteiger partial charge on any atom is -0.349 e. The molecule has 0 radical (unpaired) electrons. The maximum absolute atomic E-state index is 13.1. The summed E-state index contributed by atoms with van der Waals surface area (Å²) in [4.78, 5) is 12.0. The second-order valence-corrected chi connectivity index (χ2v) is 5.36. The smallest absolute Gasteiger partial charge is 0.251 e. The molecule has 1 saturated carbocycles. The summed E-state index contributed by atoms with van der Waals surface area (Å²) in [6, 6.07) is 6.06. The zero-order valence-electron chi connectivity index (χ0n) is 10.9. The van der Waals surface area contributed by atoms with Crippen molar-refractivity contribution in [3.05, 3.63) is 35.6 Å². The van der Waals surface area contributed by atoms with E-state index in [0.29, 0.717) is 17.4 Å². The van der Waals surface area contributed by atoms with E-state index in [1.54, 1.807) is 12.1 Å². The quantitative estimate of drug-likeness (QED) is 0.855. The van der Waals surface area contributed by atoms with E-state index in [9.17, 15) is 9.18 Å². The van der Waals surface area contributed by atoms with Gasteiger partial charge in [0.15, 0.2) is 0 Å². The van der Waals surface area contributed by atoms with Gasteiger partial charge in [-0.05, 0) is 36.5 Å².